The van der Waals surface area contributed by atoms with Crippen LogP contribution in [0.5, 0.6) is 0 Å². The molecule has 4 aliphatic rings. The number of likely N-dealkylation sites (N-methyl/N-ethyl adjacent to an activating group) is 2. The van der Waals surface area contributed by atoms with Crippen molar-refractivity contribution in [2.75, 3.05) is 53.4 Å². The van der Waals surface area contributed by atoms with Crippen molar-refractivity contribution in [2.24, 2.45) is 11.8 Å². The Bertz CT molecular complexity index is 2410. The second kappa shape index (κ2) is 27.3. The summed E-state index contributed by atoms with van der Waals surface area (Å²) in [5.41, 5.74) is 3.29. The topological polar surface area (TPSA) is 163 Å². The number of rotatable bonds is 22. The van der Waals surface area contributed by atoms with Gasteiger partial charge in [0.1, 0.15) is 12.1 Å². The lowest BCUT2D eigenvalue weighted by Gasteiger charge is -2.37. The minimum Gasteiger partial charge on any atom is -0.343 e. The Morgan fingerprint density at radius 1 is 0.500 bits per heavy atom. The van der Waals surface area contributed by atoms with Gasteiger partial charge in [0.25, 0.3) is 11.8 Å². The van der Waals surface area contributed by atoms with E-state index in [0.29, 0.717) is 63.2 Å². The highest BCUT2D eigenvalue weighted by Crippen LogP contribution is 2.32. The van der Waals surface area contributed by atoms with E-state index >= 15 is 0 Å². The average Bonchev–Trinajstić information content (AvgIpc) is 4.15. The fourth-order valence-corrected chi connectivity index (χ4v) is 12.3. The SMILES string of the molecule is CN[C@@H](C)C(=O)N[C@H](C(=O)N1CCC[C@@H]1CN(CCc1ccccc1)C(=O)c1ccc2cc(C(=O)N(CCc3ccccc3)C[C@@H]3CCCN3C(=O)[C@@H](NC(=O)[C@H](C)NC)C3CCCCC3)ccc2c1)C1CCCCC1. The van der Waals surface area contributed by atoms with Crippen LogP contribution in [0.3, 0.4) is 0 Å². The summed E-state index contributed by atoms with van der Waals surface area (Å²) < 4.78 is 0. The van der Waals surface area contributed by atoms with Gasteiger partial charge in [0, 0.05) is 62.5 Å². The fraction of sp³-hybridized carbons (Fsp3) is 0.548. The number of amides is 6. The highest BCUT2D eigenvalue weighted by Gasteiger charge is 2.41. The van der Waals surface area contributed by atoms with Gasteiger partial charge < -0.3 is 40.9 Å². The van der Waals surface area contributed by atoms with Gasteiger partial charge in [-0.2, -0.15) is 0 Å². The summed E-state index contributed by atoms with van der Waals surface area (Å²) in [5.74, 6) is -0.555. The van der Waals surface area contributed by atoms with Crippen molar-refractivity contribution in [1.29, 1.82) is 0 Å². The van der Waals surface area contributed by atoms with E-state index in [2.05, 4.69) is 45.5 Å². The number of nitrogens with one attached hydrogen (secondary N) is 4. The van der Waals surface area contributed by atoms with E-state index in [1.807, 2.05) is 92.4 Å². The van der Waals surface area contributed by atoms with Crippen molar-refractivity contribution in [3.8, 4) is 0 Å². The normalized spacial score (nSPS) is 19.9. The molecule has 408 valence electrons. The summed E-state index contributed by atoms with van der Waals surface area (Å²) >= 11 is 0. The predicted molar refractivity (Wildman–Crippen MR) is 300 cm³/mol. The largest absolute Gasteiger partial charge is 0.343 e. The third kappa shape index (κ3) is 14.3. The zero-order chi connectivity index (χ0) is 53.6. The molecule has 14 nitrogen and oxygen atoms in total. The third-order valence-electron chi connectivity index (χ3n) is 17.1. The number of carbonyl (C=O) groups is 6. The molecule has 2 aliphatic carbocycles. The molecule has 4 aromatic rings. The van der Waals surface area contributed by atoms with Crippen LogP contribution in [0.1, 0.15) is 136 Å². The Kier molecular flexibility index (Phi) is 20.1. The van der Waals surface area contributed by atoms with Crippen LogP contribution < -0.4 is 21.3 Å². The smallest absolute Gasteiger partial charge is 0.253 e. The van der Waals surface area contributed by atoms with Crippen LogP contribution in [-0.4, -0.2) is 145 Å². The molecule has 0 radical (unpaired) electrons. The van der Waals surface area contributed by atoms with Gasteiger partial charge >= 0.3 is 0 Å². The van der Waals surface area contributed by atoms with Crippen molar-refractivity contribution in [3.63, 3.8) is 0 Å². The van der Waals surface area contributed by atoms with E-state index in [-0.39, 0.29) is 59.4 Å². The monoisotopic (exact) mass is 1040 g/mol. The maximum absolute atomic E-state index is 14.9. The molecule has 2 aliphatic heterocycles. The quantitative estimate of drug-likeness (QED) is 0.0628. The van der Waals surface area contributed by atoms with Crippen LogP contribution in [0.4, 0.5) is 0 Å². The first-order valence-corrected chi connectivity index (χ1v) is 28.7. The Labute approximate surface area is 451 Å². The van der Waals surface area contributed by atoms with E-state index in [4.69, 9.17) is 0 Å². The molecule has 0 unspecified atom stereocenters. The Balaban J connectivity index is 1.01. The highest BCUT2D eigenvalue weighted by molar-refractivity contribution is 6.02. The summed E-state index contributed by atoms with van der Waals surface area (Å²) in [5, 5.41) is 14.0. The molecular weight excluding hydrogens is 953 g/mol. The second-order valence-electron chi connectivity index (χ2n) is 22.2. The predicted octanol–water partition coefficient (Wildman–Crippen LogP) is 7.54. The van der Waals surface area contributed by atoms with Gasteiger partial charge in [0.05, 0.1) is 12.1 Å². The van der Waals surface area contributed by atoms with Gasteiger partial charge in [-0.3, -0.25) is 28.8 Å². The van der Waals surface area contributed by atoms with Gasteiger partial charge in [0.15, 0.2) is 0 Å². The van der Waals surface area contributed by atoms with Gasteiger partial charge in [0.2, 0.25) is 23.6 Å². The van der Waals surface area contributed by atoms with Gasteiger partial charge in [-0.1, -0.05) is 111 Å². The second-order valence-corrected chi connectivity index (χ2v) is 22.2. The lowest BCUT2D eigenvalue weighted by molar-refractivity contribution is -0.139. The fourth-order valence-electron chi connectivity index (χ4n) is 12.3. The van der Waals surface area contributed by atoms with Crippen LogP contribution in [0.15, 0.2) is 97.1 Å². The summed E-state index contributed by atoms with van der Waals surface area (Å²) in [7, 11) is 3.50. The molecule has 0 aromatic heterocycles. The Morgan fingerprint density at radius 3 is 1.25 bits per heavy atom. The number of hydrogen-bond donors (Lipinski definition) is 4. The van der Waals surface area contributed by atoms with Crippen LogP contribution in [-0.2, 0) is 32.0 Å². The van der Waals surface area contributed by atoms with Gasteiger partial charge in [-0.25, -0.2) is 0 Å². The summed E-state index contributed by atoms with van der Waals surface area (Å²) in [4.78, 5) is 93.3. The lowest BCUT2D eigenvalue weighted by Crippen LogP contribution is -2.57. The molecular formula is C62H84N8O6. The standard InChI is InChI=1S/C62H84N8O6/c1-43(63-3)57(71)65-55(47-23-13-7-14-24-47)61(75)69-35-17-27-53(69)41-67(37-33-45-19-9-5-10-20-45)59(73)51-31-29-50-40-52(32-30-49(50)39-51)60(74)68(38-34-46-21-11-6-12-22-46)42-54-28-18-36-70(54)62(76)56(48-25-15-8-16-26-48)66-58(72)44(2)64-4/h5-6,9-12,19-22,29-32,39-40,43-44,47-48,53-56,63-64H,7-8,13-18,23-28,33-38,41-42H2,1-4H3,(H,65,71)(H,66,72)/t43-,44-,53-,54+,55-,56-/m0/s1. The van der Waals surface area contributed by atoms with E-state index in [9.17, 15) is 28.8 Å². The van der Waals surface area contributed by atoms with Crippen molar-refractivity contribution in [3.05, 3.63) is 119 Å². The summed E-state index contributed by atoms with van der Waals surface area (Å²) in [6.45, 7) is 6.44. The maximum Gasteiger partial charge on any atom is 0.253 e. The molecule has 8 rings (SSSR count). The first-order valence-electron chi connectivity index (χ1n) is 28.7. The van der Waals surface area contributed by atoms with Crippen LogP contribution in [0, 0.1) is 11.8 Å². The maximum atomic E-state index is 14.9. The van der Waals surface area contributed by atoms with Crippen molar-refractivity contribution < 1.29 is 28.8 Å². The minimum absolute atomic E-state index is 0.0472. The van der Waals surface area contributed by atoms with Crippen molar-refractivity contribution in [2.45, 2.75) is 153 Å². The van der Waals surface area contributed by atoms with Crippen LogP contribution in [0.25, 0.3) is 10.8 Å². The van der Waals surface area contributed by atoms with Crippen molar-refractivity contribution in [1.82, 2.24) is 40.9 Å². The molecule has 4 N–H and O–H groups in total. The first kappa shape index (κ1) is 56.1. The molecule has 4 fully saturated rings. The number of hydrogen-bond acceptors (Lipinski definition) is 8. The van der Waals surface area contributed by atoms with Crippen LogP contribution in [0.2, 0.25) is 0 Å². The number of fused-ring (bicyclic) bond motifs is 1. The van der Waals surface area contributed by atoms with E-state index in [1.54, 1.807) is 27.9 Å². The average molecular weight is 1040 g/mol. The molecule has 2 saturated heterocycles. The molecule has 0 spiro atoms. The van der Waals surface area contributed by atoms with Gasteiger partial charge in [-0.15, -0.1) is 0 Å². The lowest BCUT2D eigenvalue weighted by atomic mass is 9.83. The Morgan fingerprint density at radius 2 is 0.882 bits per heavy atom. The molecule has 6 atom stereocenters. The highest BCUT2D eigenvalue weighted by atomic mass is 16.2. The van der Waals surface area contributed by atoms with Gasteiger partial charge in [-0.05, 0) is 150 Å². The number of benzene rings is 4. The van der Waals surface area contributed by atoms with E-state index < -0.39 is 24.2 Å². The zero-order valence-corrected chi connectivity index (χ0v) is 45.7. The molecule has 14 heteroatoms. The molecule has 6 amide bonds. The molecule has 2 saturated carbocycles. The number of carbonyl (C=O) groups excluding carboxylic acids is 6. The minimum atomic E-state index is -0.607. The first-order chi connectivity index (χ1) is 36.9. The molecule has 2 heterocycles. The van der Waals surface area contributed by atoms with Crippen molar-refractivity contribution >= 4 is 46.2 Å². The Hall–Kier alpha value is -6.12. The molecule has 76 heavy (non-hydrogen) atoms. The summed E-state index contributed by atoms with van der Waals surface area (Å²) in [6.07, 6.45) is 14.5. The number of nitrogens with zero attached hydrogens (tertiary/aromatic N) is 4. The summed E-state index contributed by atoms with van der Waals surface area (Å²) in [6, 6.07) is 29.2. The number of likely N-dealkylation sites (tertiary alicyclic amines) is 2. The van der Waals surface area contributed by atoms with E-state index in [0.717, 1.165) is 112 Å². The van der Waals surface area contributed by atoms with Crippen LogP contribution >= 0.6 is 0 Å². The third-order valence-corrected chi connectivity index (χ3v) is 17.1. The van der Waals surface area contributed by atoms with E-state index in [1.165, 1.54) is 0 Å². The molecule has 0 bridgehead atoms. The molecule has 4 aromatic carbocycles. The zero-order valence-electron chi connectivity index (χ0n) is 45.7.